The number of benzene rings is 1. The molecule has 2 aromatic rings. The molecule has 1 N–H and O–H groups in total. The van der Waals surface area contributed by atoms with Crippen LogP contribution in [0.5, 0.6) is 0 Å². The van der Waals surface area contributed by atoms with Crippen LogP contribution in [0.1, 0.15) is 0 Å². The molecule has 2 nitrogen and oxygen atoms in total. The molecule has 0 saturated carbocycles. The van der Waals surface area contributed by atoms with Crippen LogP contribution in [0, 0.1) is 4.71 Å². The van der Waals surface area contributed by atoms with Gasteiger partial charge in [0.1, 0.15) is 0 Å². The Bertz CT molecular complexity index is 401. The van der Waals surface area contributed by atoms with E-state index in [0.717, 1.165) is 10.9 Å². The van der Waals surface area contributed by atoms with Gasteiger partial charge in [0, 0.05) is 0 Å². The van der Waals surface area contributed by atoms with Gasteiger partial charge in [0.05, 0.1) is 10.9 Å². The summed E-state index contributed by atoms with van der Waals surface area (Å²) in [5, 5.41) is 3.68. The van der Waals surface area contributed by atoms with Gasteiger partial charge >= 0.3 is 0 Å². The highest BCUT2D eigenvalue weighted by atomic mass is 32.1. The first-order chi connectivity index (χ1) is 4.88. The molecule has 0 amide bonds. The van der Waals surface area contributed by atoms with E-state index in [1.54, 1.807) is 0 Å². The molecule has 0 aliphatic heterocycles. The van der Waals surface area contributed by atoms with E-state index in [4.69, 9.17) is 16.7 Å². The van der Waals surface area contributed by atoms with Crippen molar-refractivity contribution < 1.29 is 4.52 Å². The van der Waals surface area contributed by atoms with Gasteiger partial charge in [0.2, 0.25) is 4.71 Å². The number of hydrogen-bond acceptors (Lipinski definition) is 2. The minimum atomic E-state index is 0.524. The summed E-state index contributed by atoms with van der Waals surface area (Å²) in [6.45, 7) is 0. The summed E-state index contributed by atoms with van der Waals surface area (Å²) in [5.74, 6) is 0. The summed E-state index contributed by atoms with van der Waals surface area (Å²) in [4.78, 5) is 0. The number of aromatic nitrogens is 1. The first kappa shape index (κ1) is 5.68. The van der Waals surface area contributed by atoms with Gasteiger partial charge in [-0.1, -0.05) is 12.1 Å². The lowest BCUT2D eigenvalue weighted by Gasteiger charge is -1.80. The molecule has 3 heteroatoms. The van der Waals surface area contributed by atoms with E-state index in [1.807, 2.05) is 24.3 Å². The van der Waals surface area contributed by atoms with E-state index in [1.165, 1.54) is 0 Å². The van der Waals surface area contributed by atoms with Crippen molar-refractivity contribution in [3.63, 3.8) is 0 Å². The summed E-state index contributed by atoms with van der Waals surface area (Å²) in [6.07, 6.45) is 0. The molecule has 0 saturated heterocycles. The van der Waals surface area contributed by atoms with Crippen LogP contribution < -0.4 is 0 Å². The monoisotopic (exact) mass is 151 g/mol. The van der Waals surface area contributed by atoms with Gasteiger partial charge in [-0.3, -0.25) is 0 Å². The summed E-state index contributed by atoms with van der Waals surface area (Å²) in [6, 6.07) is 7.72. The Morgan fingerprint density at radius 2 is 2.10 bits per heavy atom. The Hall–Kier alpha value is -1.09. The van der Waals surface area contributed by atoms with Gasteiger partial charge in [-0.15, -0.1) is 0 Å². The van der Waals surface area contributed by atoms with E-state index in [0.29, 0.717) is 4.71 Å². The summed E-state index contributed by atoms with van der Waals surface area (Å²) < 4.78 is 5.43. The number of aromatic amines is 1. The Labute approximate surface area is 62.4 Å². The minimum absolute atomic E-state index is 0.524. The lowest BCUT2D eigenvalue weighted by Crippen LogP contribution is -1.62. The maximum Gasteiger partial charge on any atom is 0.227 e. The molecule has 0 spiro atoms. The third-order valence-electron chi connectivity index (χ3n) is 1.40. The van der Waals surface area contributed by atoms with Crippen molar-refractivity contribution in [2.24, 2.45) is 0 Å². The molecule has 50 valence electrons. The molecular formula is C7H5NOS. The van der Waals surface area contributed by atoms with Crippen molar-refractivity contribution >= 4 is 23.1 Å². The van der Waals surface area contributed by atoms with Crippen LogP contribution in [0.3, 0.4) is 0 Å². The maximum atomic E-state index is 4.90. The second kappa shape index (κ2) is 1.95. The van der Waals surface area contributed by atoms with Crippen molar-refractivity contribution in [2.75, 3.05) is 0 Å². The fraction of sp³-hybridized carbons (Fsp3) is 0. The minimum Gasteiger partial charge on any atom is -0.370 e. The topological polar surface area (TPSA) is 28.9 Å². The zero-order valence-corrected chi connectivity index (χ0v) is 5.94. The van der Waals surface area contributed by atoms with Crippen LogP contribution in [0.2, 0.25) is 0 Å². The predicted octanol–water partition coefficient (Wildman–Crippen LogP) is 2.49. The first-order valence-electron chi connectivity index (χ1n) is 2.94. The fourth-order valence-corrected chi connectivity index (χ4v) is 1.13. The number of para-hydroxylation sites is 1. The highest BCUT2D eigenvalue weighted by molar-refractivity contribution is 7.71. The average Bonchev–Trinajstić information content (AvgIpc) is 2.34. The molecule has 0 unspecified atom stereocenters. The summed E-state index contributed by atoms with van der Waals surface area (Å²) in [5.41, 5.74) is 0.951. The zero-order chi connectivity index (χ0) is 6.97. The molecule has 0 atom stereocenters. The predicted molar refractivity (Wildman–Crippen MR) is 41.4 cm³/mol. The van der Waals surface area contributed by atoms with Crippen LogP contribution in [0.15, 0.2) is 28.8 Å². The van der Waals surface area contributed by atoms with E-state index < -0.39 is 0 Å². The number of hydrogen-bond donors (Lipinski definition) is 1. The van der Waals surface area contributed by atoms with Crippen molar-refractivity contribution in [2.45, 2.75) is 0 Å². The lowest BCUT2D eigenvalue weighted by atomic mass is 10.3. The molecule has 0 bridgehead atoms. The third kappa shape index (κ3) is 0.675. The van der Waals surface area contributed by atoms with Gasteiger partial charge < -0.3 is 4.52 Å². The number of H-pyrrole nitrogens is 1. The molecule has 0 fully saturated rings. The molecule has 1 aromatic carbocycles. The molecule has 0 aliphatic carbocycles. The average molecular weight is 151 g/mol. The van der Waals surface area contributed by atoms with Crippen LogP contribution in [-0.2, 0) is 0 Å². The second-order valence-corrected chi connectivity index (χ2v) is 2.41. The van der Waals surface area contributed by atoms with Gasteiger partial charge in [-0.2, -0.15) is 0 Å². The van der Waals surface area contributed by atoms with Crippen molar-refractivity contribution in [3.05, 3.63) is 29.0 Å². The quantitative estimate of drug-likeness (QED) is 0.586. The van der Waals surface area contributed by atoms with E-state index in [2.05, 4.69) is 5.16 Å². The van der Waals surface area contributed by atoms with Crippen LogP contribution in [0.4, 0.5) is 0 Å². The highest BCUT2D eigenvalue weighted by Gasteiger charge is 1.94. The maximum absolute atomic E-state index is 4.90. The van der Waals surface area contributed by atoms with Crippen molar-refractivity contribution in [1.82, 2.24) is 5.16 Å². The van der Waals surface area contributed by atoms with E-state index in [-0.39, 0.29) is 0 Å². The van der Waals surface area contributed by atoms with Crippen LogP contribution in [0.25, 0.3) is 10.9 Å². The van der Waals surface area contributed by atoms with E-state index in [9.17, 15) is 0 Å². The highest BCUT2D eigenvalue weighted by Crippen LogP contribution is 2.12. The fourth-order valence-electron chi connectivity index (χ4n) is 0.906. The molecule has 0 radical (unpaired) electrons. The molecule has 0 aliphatic rings. The Morgan fingerprint density at radius 3 is 2.90 bits per heavy atom. The smallest absolute Gasteiger partial charge is 0.227 e. The van der Waals surface area contributed by atoms with Gasteiger partial charge in [-0.05, 0) is 24.4 Å². The third-order valence-corrected chi connectivity index (χ3v) is 1.70. The Kier molecular flexibility index (Phi) is 1.11. The molecule has 1 heterocycles. The van der Waals surface area contributed by atoms with Crippen molar-refractivity contribution in [1.29, 1.82) is 0 Å². The van der Waals surface area contributed by atoms with Crippen LogP contribution in [-0.4, -0.2) is 5.16 Å². The van der Waals surface area contributed by atoms with Crippen molar-refractivity contribution in [3.8, 4) is 0 Å². The zero-order valence-electron chi connectivity index (χ0n) is 5.13. The normalized spacial score (nSPS) is 10.4. The largest absolute Gasteiger partial charge is 0.370 e. The number of rotatable bonds is 0. The Balaban J connectivity index is 3.07. The first-order valence-corrected chi connectivity index (χ1v) is 3.35. The van der Waals surface area contributed by atoms with Gasteiger partial charge in [0.15, 0.2) is 0 Å². The van der Waals surface area contributed by atoms with Crippen LogP contribution >= 0.6 is 12.2 Å². The van der Waals surface area contributed by atoms with Gasteiger partial charge in [0.25, 0.3) is 0 Å². The molecule has 1 aromatic heterocycles. The standard InChI is InChI=1S/C7H5NOS/c10-7-5-3-1-2-4-6(5)8-9-7/h1-4,8H. The molecule has 2 rings (SSSR count). The molecular weight excluding hydrogens is 146 g/mol. The summed E-state index contributed by atoms with van der Waals surface area (Å²) in [7, 11) is 0. The number of fused-ring (bicyclic) bond motifs is 1. The lowest BCUT2D eigenvalue weighted by molar-refractivity contribution is 0.416. The summed E-state index contributed by atoms with van der Waals surface area (Å²) >= 11 is 4.89. The van der Waals surface area contributed by atoms with E-state index >= 15 is 0 Å². The Morgan fingerprint density at radius 1 is 1.30 bits per heavy atom. The second-order valence-electron chi connectivity index (χ2n) is 2.04. The molecule has 10 heavy (non-hydrogen) atoms. The SMILES string of the molecule is S=c1o[nH]c2ccccc12. The number of nitrogens with one attached hydrogen (secondary N) is 1. The van der Waals surface area contributed by atoms with Gasteiger partial charge in [-0.25, -0.2) is 5.16 Å².